The fraction of sp³-hybridized carbons (Fsp3) is 0.905. The van der Waals surface area contributed by atoms with Gasteiger partial charge in [0.1, 0.15) is 11.4 Å². The zero-order valence-electron chi connectivity index (χ0n) is 16.9. The van der Waals surface area contributed by atoms with Crippen molar-refractivity contribution in [3.63, 3.8) is 0 Å². The number of hydrogen-bond donors (Lipinski definition) is 0. The largest absolute Gasteiger partial charge is 0.458 e. The topological polar surface area (TPSA) is 86.7 Å². The number of carbonyl (C=O) groups excluding carboxylic acids is 2. The van der Waals surface area contributed by atoms with E-state index in [0.717, 1.165) is 38.4 Å². The van der Waals surface area contributed by atoms with Gasteiger partial charge in [-0.25, -0.2) is 0 Å². The van der Waals surface area contributed by atoms with Crippen LogP contribution in [-0.2, 0) is 28.6 Å². The highest BCUT2D eigenvalue weighted by Crippen LogP contribution is 2.73. The molecule has 28 heavy (non-hydrogen) atoms. The van der Waals surface area contributed by atoms with E-state index in [0.29, 0.717) is 31.0 Å². The van der Waals surface area contributed by atoms with Gasteiger partial charge in [0.05, 0.1) is 18.3 Å². The van der Waals surface area contributed by atoms with Crippen LogP contribution in [0.1, 0.15) is 65.2 Å². The molecule has 6 nitrogen and oxygen atoms in total. The highest BCUT2D eigenvalue weighted by Gasteiger charge is 2.78. The van der Waals surface area contributed by atoms with Crippen molar-refractivity contribution in [1.82, 2.24) is 0 Å². The van der Waals surface area contributed by atoms with E-state index in [-0.39, 0.29) is 29.1 Å². The second-order valence-electron chi connectivity index (χ2n) is 10.4. The lowest BCUT2D eigenvalue weighted by Gasteiger charge is -2.63. The van der Waals surface area contributed by atoms with Gasteiger partial charge < -0.3 is 4.74 Å². The summed E-state index contributed by atoms with van der Waals surface area (Å²) in [6, 6.07) is 0. The number of rotatable bonds is 2. The summed E-state index contributed by atoms with van der Waals surface area (Å²) in [5.74, 6) is 0.661. The fourth-order valence-corrected chi connectivity index (χ4v) is 8.86. The molecular formula is C21H30O6S. The van der Waals surface area contributed by atoms with Crippen molar-refractivity contribution in [2.75, 3.05) is 6.26 Å². The Kier molecular flexibility index (Phi) is 3.80. The molecule has 2 bridgehead atoms. The van der Waals surface area contributed by atoms with Crippen molar-refractivity contribution in [1.29, 1.82) is 0 Å². The van der Waals surface area contributed by atoms with Crippen molar-refractivity contribution in [2.24, 2.45) is 34.5 Å². The summed E-state index contributed by atoms with van der Waals surface area (Å²) >= 11 is 0. The summed E-state index contributed by atoms with van der Waals surface area (Å²) in [5.41, 5.74) is -1.25. The number of carbonyl (C=O) groups is 2. The molecule has 0 N–H and O–H groups in total. The van der Waals surface area contributed by atoms with Crippen LogP contribution in [-0.4, -0.2) is 38.1 Å². The monoisotopic (exact) mass is 410 g/mol. The third-order valence-electron chi connectivity index (χ3n) is 9.54. The van der Waals surface area contributed by atoms with E-state index in [1.54, 1.807) is 0 Å². The van der Waals surface area contributed by atoms with E-state index < -0.39 is 27.2 Å². The average molecular weight is 411 g/mol. The third kappa shape index (κ3) is 2.21. The first-order chi connectivity index (χ1) is 13.0. The Morgan fingerprint density at radius 3 is 2.50 bits per heavy atom. The van der Waals surface area contributed by atoms with Crippen molar-refractivity contribution in [3.8, 4) is 0 Å². The van der Waals surface area contributed by atoms with Gasteiger partial charge in [-0.05, 0) is 55.8 Å². The van der Waals surface area contributed by atoms with Gasteiger partial charge in [-0.2, -0.15) is 8.42 Å². The predicted molar refractivity (Wildman–Crippen MR) is 101 cm³/mol. The zero-order chi connectivity index (χ0) is 20.1. The molecule has 156 valence electrons. The Bertz CT molecular complexity index is 851. The molecule has 8 atom stereocenters. The zero-order valence-corrected chi connectivity index (χ0v) is 17.7. The quantitative estimate of drug-likeness (QED) is 0.514. The molecule has 5 fully saturated rings. The molecule has 4 saturated carbocycles. The van der Waals surface area contributed by atoms with Crippen LogP contribution in [0, 0.1) is 34.5 Å². The Morgan fingerprint density at radius 2 is 1.82 bits per heavy atom. The van der Waals surface area contributed by atoms with Crippen LogP contribution in [0.25, 0.3) is 0 Å². The van der Waals surface area contributed by atoms with Crippen LogP contribution in [0.15, 0.2) is 0 Å². The Morgan fingerprint density at radius 1 is 1.07 bits per heavy atom. The van der Waals surface area contributed by atoms with Gasteiger partial charge in [-0.15, -0.1) is 0 Å². The summed E-state index contributed by atoms with van der Waals surface area (Å²) in [4.78, 5) is 24.8. The minimum atomic E-state index is -3.66. The number of ketones is 1. The molecular weight excluding hydrogens is 380 g/mol. The number of esters is 1. The predicted octanol–water partition coefficient (Wildman–Crippen LogP) is 2.85. The van der Waals surface area contributed by atoms with Crippen molar-refractivity contribution in [3.05, 3.63) is 0 Å². The van der Waals surface area contributed by atoms with Crippen molar-refractivity contribution < 1.29 is 26.9 Å². The van der Waals surface area contributed by atoms with Gasteiger partial charge >= 0.3 is 5.97 Å². The van der Waals surface area contributed by atoms with Crippen LogP contribution in [0.5, 0.6) is 0 Å². The van der Waals surface area contributed by atoms with Gasteiger partial charge in [-0.1, -0.05) is 13.8 Å². The smallest absolute Gasteiger partial charge is 0.310 e. The van der Waals surface area contributed by atoms with E-state index in [1.807, 2.05) is 6.92 Å². The number of Topliss-reactive ketones (excluding diaryl/α,β-unsaturated/α-hetero) is 1. The maximum Gasteiger partial charge on any atom is 0.310 e. The maximum absolute atomic E-state index is 12.7. The molecule has 0 aromatic heterocycles. The van der Waals surface area contributed by atoms with Gasteiger partial charge in [0.25, 0.3) is 10.1 Å². The van der Waals surface area contributed by atoms with Gasteiger partial charge in [0.2, 0.25) is 0 Å². The highest BCUT2D eigenvalue weighted by molar-refractivity contribution is 7.86. The standard InChI is InChI=1S/C21H30O6S/c1-19-8-6-13(22)10-12(19)4-5-14-16(19)11-17(27-28(3,24)25)20(2)15-7-9-21(14,20)26-18(15)23/h12,14-17H,4-11H2,1-3H3/t12-,14-,15-,16+,17-,19+,20+,21+/m1/s1. The van der Waals surface area contributed by atoms with Crippen LogP contribution in [0.2, 0.25) is 0 Å². The normalized spacial score (nSPS) is 52.6. The molecule has 0 amide bonds. The number of ether oxygens (including phenoxy) is 1. The van der Waals surface area contributed by atoms with E-state index in [9.17, 15) is 18.0 Å². The molecule has 0 aromatic carbocycles. The molecule has 1 aliphatic heterocycles. The molecule has 0 radical (unpaired) electrons. The van der Waals surface area contributed by atoms with Crippen molar-refractivity contribution in [2.45, 2.75) is 76.9 Å². The molecule has 1 heterocycles. The number of hydrogen-bond acceptors (Lipinski definition) is 6. The van der Waals surface area contributed by atoms with Crippen LogP contribution >= 0.6 is 0 Å². The van der Waals surface area contributed by atoms with E-state index in [1.165, 1.54) is 0 Å². The Hall–Kier alpha value is -0.950. The lowest BCUT2D eigenvalue weighted by molar-refractivity contribution is -0.219. The first-order valence-electron chi connectivity index (χ1n) is 10.6. The summed E-state index contributed by atoms with van der Waals surface area (Å²) < 4.78 is 36.1. The molecule has 5 aliphatic rings. The van der Waals surface area contributed by atoms with Crippen LogP contribution in [0.3, 0.4) is 0 Å². The summed E-state index contributed by atoms with van der Waals surface area (Å²) in [6.45, 7) is 4.31. The summed E-state index contributed by atoms with van der Waals surface area (Å²) in [7, 11) is -3.66. The second kappa shape index (κ2) is 5.60. The molecule has 0 aromatic rings. The van der Waals surface area contributed by atoms with Gasteiger partial charge in [0, 0.05) is 24.2 Å². The SMILES string of the molecule is C[C@]12CCC(=O)C[C@H]1CC[C@@H]1[C@@H]2C[C@@H](OS(C)(=O)=O)[C@]2(C)[C@@H]3CC[C@]12OC3=O. The number of fused-ring (bicyclic) bond motifs is 3. The van der Waals surface area contributed by atoms with Gasteiger partial charge in [-0.3, -0.25) is 13.8 Å². The minimum Gasteiger partial charge on any atom is -0.458 e. The lowest BCUT2D eigenvalue weighted by atomic mass is 9.43. The van der Waals surface area contributed by atoms with Crippen LogP contribution < -0.4 is 0 Å². The molecule has 7 heteroatoms. The highest BCUT2D eigenvalue weighted by atomic mass is 32.2. The van der Waals surface area contributed by atoms with E-state index in [2.05, 4.69) is 6.92 Å². The Balaban J connectivity index is 1.61. The first-order valence-corrected chi connectivity index (χ1v) is 12.5. The van der Waals surface area contributed by atoms with Crippen molar-refractivity contribution >= 4 is 21.9 Å². The summed E-state index contributed by atoms with van der Waals surface area (Å²) in [5, 5.41) is 0. The molecule has 4 aliphatic carbocycles. The first kappa shape index (κ1) is 19.0. The lowest BCUT2D eigenvalue weighted by Crippen LogP contribution is -2.65. The van der Waals surface area contributed by atoms with Gasteiger partial charge in [0.15, 0.2) is 0 Å². The van der Waals surface area contributed by atoms with E-state index >= 15 is 0 Å². The molecule has 5 rings (SSSR count). The minimum absolute atomic E-state index is 0.0287. The Labute approximate surface area is 166 Å². The second-order valence-corrected chi connectivity index (χ2v) is 12.0. The van der Waals surface area contributed by atoms with Crippen LogP contribution in [0.4, 0.5) is 0 Å². The summed E-state index contributed by atoms with van der Waals surface area (Å²) in [6.07, 6.45) is 6.73. The average Bonchev–Trinajstić information content (AvgIpc) is 3.01. The molecule has 0 spiro atoms. The third-order valence-corrected chi connectivity index (χ3v) is 10.1. The molecule has 1 saturated heterocycles. The van der Waals surface area contributed by atoms with E-state index in [4.69, 9.17) is 8.92 Å². The fourth-order valence-electron chi connectivity index (χ4n) is 8.16. The maximum atomic E-state index is 12.7. The molecule has 0 unspecified atom stereocenters.